The van der Waals surface area contributed by atoms with Crippen LogP contribution in [0.25, 0.3) is 0 Å². The van der Waals surface area contributed by atoms with Gasteiger partial charge in [-0.15, -0.1) is 0 Å². The van der Waals surface area contributed by atoms with Crippen LogP contribution in [-0.4, -0.2) is 24.4 Å². The number of halogens is 3. The molecule has 1 nitrogen and oxygen atoms in total. The van der Waals surface area contributed by atoms with Crippen molar-refractivity contribution < 1.29 is 13.2 Å². The summed E-state index contributed by atoms with van der Waals surface area (Å²) in [6.07, 6.45) is 5.23. The summed E-state index contributed by atoms with van der Waals surface area (Å²) >= 11 is 0.121. The van der Waals surface area contributed by atoms with Gasteiger partial charge in [-0.05, 0) is 44.6 Å². The first-order valence-corrected chi connectivity index (χ1v) is 7.32. The Kier molecular flexibility index (Phi) is 6.13. The molecular formula is C12H22F3NS. The smallest absolute Gasteiger partial charge is 0.317 e. The first kappa shape index (κ1) is 15.2. The van der Waals surface area contributed by atoms with Crippen molar-refractivity contribution in [3.63, 3.8) is 0 Å². The second kappa shape index (κ2) is 6.88. The van der Waals surface area contributed by atoms with Crippen LogP contribution >= 0.6 is 11.8 Å². The molecule has 1 saturated carbocycles. The van der Waals surface area contributed by atoms with E-state index in [1.54, 1.807) is 0 Å². The van der Waals surface area contributed by atoms with E-state index in [4.69, 9.17) is 0 Å². The molecule has 0 saturated heterocycles. The zero-order valence-corrected chi connectivity index (χ0v) is 11.3. The van der Waals surface area contributed by atoms with Crippen LogP contribution in [0.1, 0.15) is 39.0 Å². The largest absolute Gasteiger partial charge is 0.441 e. The molecule has 1 N–H and O–H groups in total. The minimum atomic E-state index is -4.08. The Morgan fingerprint density at radius 1 is 1.29 bits per heavy atom. The van der Waals surface area contributed by atoms with Gasteiger partial charge in [0.15, 0.2) is 0 Å². The Hall–Kier alpha value is 0.100. The maximum absolute atomic E-state index is 12.1. The number of alkyl halides is 3. The van der Waals surface area contributed by atoms with Crippen LogP contribution in [0.4, 0.5) is 13.2 Å². The van der Waals surface area contributed by atoms with Crippen molar-refractivity contribution >= 4 is 11.8 Å². The zero-order chi connectivity index (χ0) is 12.9. The van der Waals surface area contributed by atoms with Gasteiger partial charge in [0, 0.05) is 11.8 Å². The lowest BCUT2D eigenvalue weighted by molar-refractivity contribution is -0.0328. The maximum Gasteiger partial charge on any atom is 0.441 e. The molecule has 0 aromatic carbocycles. The van der Waals surface area contributed by atoms with Gasteiger partial charge in [0.2, 0.25) is 0 Å². The van der Waals surface area contributed by atoms with Crippen LogP contribution in [0, 0.1) is 11.8 Å². The molecule has 0 bridgehead atoms. The fraction of sp³-hybridized carbons (Fsp3) is 1.00. The number of rotatable bonds is 5. The van der Waals surface area contributed by atoms with Crippen LogP contribution in [0.2, 0.25) is 0 Å². The van der Waals surface area contributed by atoms with Crippen LogP contribution in [0.5, 0.6) is 0 Å². The molecule has 3 unspecified atom stereocenters. The standard InChI is InChI=1S/C12H22F3NS/c1-3-9-4-5-11(16-2)10(8-9)6-7-17-12(13,14)15/h9-11,16H,3-8H2,1-2H3. The van der Waals surface area contributed by atoms with Crippen molar-refractivity contribution in [2.45, 2.75) is 50.6 Å². The molecule has 0 amide bonds. The molecule has 1 fully saturated rings. The summed E-state index contributed by atoms with van der Waals surface area (Å²) in [4.78, 5) is 0. The topological polar surface area (TPSA) is 12.0 Å². The lowest BCUT2D eigenvalue weighted by Gasteiger charge is -2.36. The van der Waals surface area contributed by atoms with Crippen molar-refractivity contribution in [1.82, 2.24) is 5.32 Å². The van der Waals surface area contributed by atoms with E-state index >= 15 is 0 Å². The highest BCUT2D eigenvalue weighted by Gasteiger charge is 2.31. The summed E-state index contributed by atoms with van der Waals surface area (Å²) in [6.45, 7) is 2.17. The van der Waals surface area contributed by atoms with Gasteiger partial charge in [-0.3, -0.25) is 0 Å². The minimum Gasteiger partial charge on any atom is -0.317 e. The summed E-state index contributed by atoms with van der Waals surface area (Å²) in [6, 6.07) is 0.409. The monoisotopic (exact) mass is 269 g/mol. The number of thioether (sulfide) groups is 1. The Bertz CT molecular complexity index is 220. The molecule has 0 aliphatic heterocycles. The summed E-state index contributed by atoms with van der Waals surface area (Å²) in [7, 11) is 1.92. The van der Waals surface area contributed by atoms with Crippen molar-refractivity contribution in [2.75, 3.05) is 12.8 Å². The van der Waals surface area contributed by atoms with E-state index < -0.39 is 5.51 Å². The van der Waals surface area contributed by atoms with Crippen LogP contribution in [0.15, 0.2) is 0 Å². The summed E-state index contributed by atoms with van der Waals surface area (Å²) in [5, 5.41) is 3.26. The Morgan fingerprint density at radius 3 is 2.53 bits per heavy atom. The van der Waals surface area contributed by atoms with Gasteiger partial charge in [-0.1, -0.05) is 25.1 Å². The highest BCUT2D eigenvalue weighted by molar-refractivity contribution is 8.00. The minimum absolute atomic E-state index is 0.121. The molecule has 0 radical (unpaired) electrons. The van der Waals surface area contributed by atoms with E-state index in [9.17, 15) is 13.2 Å². The average Bonchev–Trinajstić information content (AvgIpc) is 2.27. The van der Waals surface area contributed by atoms with Gasteiger partial charge in [0.1, 0.15) is 0 Å². The summed E-state index contributed by atoms with van der Waals surface area (Å²) < 4.78 is 36.2. The zero-order valence-electron chi connectivity index (χ0n) is 10.5. The molecule has 1 aliphatic rings. The lowest BCUT2D eigenvalue weighted by Crippen LogP contribution is -2.39. The molecule has 0 aromatic rings. The van der Waals surface area contributed by atoms with E-state index in [0.29, 0.717) is 24.3 Å². The van der Waals surface area contributed by atoms with Gasteiger partial charge in [-0.25, -0.2) is 0 Å². The molecule has 0 heterocycles. The summed E-state index contributed by atoms with van der Waals surface area (Å²) in [5.41, 5.74) is -4.08. The number of hydrogen-bond donors (Lipinski definition) is 1. The molecular weight excluding hydrogens is 247 g/mol. The van der Waals surface area contributed by atoms with E-state index in [1.807, 2.05) is 7.05 Å². The third-order valence-electron chi connectivity index (χ3n) is 3.79. The van der Waals surface area contributed by atoms with E-state index in [0.717, 1.165) is 19.3 Å². The quantitative estimate of drug-likeness (QED) is 0.808. The van der Waals surface area contributed by atoms with Crippen LogP contribution in [0.3, 0.4) is 0 Å². The Balaban J connectivity index is 2.36. The maximum atomic E-state index is 12.1. The predicted molar refractivity (Wildman–Crippen MR) is 67.1 cm³/mol. The van der Waals surface area contributed by atoms with Crippen molar-refractivity contribution in [3.8, 4) is 0 Å². The predicted octanol–water partition coefficient (Wildman–Crippen LogP) is 4.04. The third kappa shape index (κ3) is 5.51. The molecule has 1 rings (SSSR count). The van der Waals surface area contributed by atoms with Crippen molar-refractivity contribution in [1.29, 1.82) is 0 Å². The molecule has 3 atom stereocenters. The highest BCUT2D eigenvalue weighted by Crippen LogP contribution is 2.36. The average molecular weight is 269 g/mol. The van der Waals surface area contributed by atoms with Crippen LogP contribution < -0.4 is 5.32 Å². The SMILES string of the molecule is CCC1CCC(NC)C(CCSC(F)(F)F)C1. The van der Waals surface area contributed by atoms with Gasteiger partial charge < -0.3 is 5.32 Å². The van der Waals surface area contributed by atoms with Crippen LogP contribution in [-0.2, 0) is 0 Å². The lowest BCUT2D eigenvalue weighted by atomic mass is 9.76. The van der Waals surface area contributed by atoms with Gasteiger partial charge in [0.25, 0.3) is 0 Å². The van der Waals surface area contributed by atoms with Crippen molar-refractivity contribution in [2.24, 2.45) is 11.8 Å². The van der Waals surface area contributed by atoms with E-state index in [1.165, 1.54) is 6.42 Å². The Morgan fingerprint density at radius 2 is 2.00 bits per heavy atom. The normalized spacial score (nSPS) is 30.5. The fourth-order valence-electron chi connectivity index (χ4n) is 2.76. The Labute approximate surface area is 106 Å². The van der Waals surface area contributed by atoms with E-state index in [2.05, 4.69) is 12.2 Å². The third-order valence-corrected chi connectivity index (χ3v) is 4.56. The van der Waals surface area contributed by atoms with Crippen molar-refractivity contribution in [3.05, 3.63) is 0 Å². The fourth-order valence-corrected chi connectivity index (χ4v) is 3.41. The van der Waals surface area contributed by atoms with Gasteiger partial charge >= 0.3 is 5.51 Å². The molecule has 102 valence electrons. The van der Waals surface area contributed by atoms with Gasteiger partial charge in [0.05, 0.1) is 0 Å². The molecule has 0 aromatic heterocycles. The number of nitrogens with one attached hydrogen (secondary N) is 1. The molecule has 0 spiro atoms. The molecule has 17 heavy (non-hydrogen) atoms. The van der Waals surface area contributed by atoms with Gasteiger partial charge in [-0.2, -0.15) is 13.2 Å². The first-order chi connectivity index (χ1) is 7.96. The highest BCUT2D eigenvalue weighted by atomic mass is 32.2. The number of hydrogen-bond acceptors (Lipinski definition) is 2. The van der Waals surface area contributed by atoms with E-state index in [-0.39, 0.29) is 17.5 Å². The second-order valence-electron chi connectivity index (χ2n) is 4.83. The molecule has 5 heteroatoms. The molecule has 1 aliphatic carbocycles. The first-order valence-electron chi connectivity index (χ1n) is 6.34. The summed E-state index contributed by atoms with van der Waals surface area (Å²) in [5.74, 6) is 1.32. The second-order valence-corrected chi connectivity index (χ2v) is 5.99.